The standard InChI is InChI=1S/C31H43FN2O2/c1-22(2)31(29(35)33-20-23-7-6-8-26(19-23)30(3,4)5)16-13-28(21-36-31)34-17-14-25(15-18-34)24-9-11-27(32)12-10-24/h6-12,19,22,25,28H,13-18,20-21H2,1-5H3,(H,33,35). The Kier molecular flexibility index (Phi) is 8.21. The molecule has 2 aromatic carbocycles. The van der Waals surface area contributed by atoms with E-state index >= 15 is 0 Å². The van der Waals surface area contributed by atoms with Crippen LogP contribution in [-0.4, -0.2) is 42.1 Å². The Morgan fingerprint density at radius 3 is 2.39 bits per heavy atom. The number of benzene rings is 2. The maximum atomic E-state index is 13.4. The monoisotopic (exact) mass is 494 g/mol. The highest BCUT2D eigenvalue weighted by Gasteiger charge is 2.46. The minimum Gasteiger partial charge on any atom is -0.363 e. The van der Waals surface area contributed by atoms with E-state index in [4.69, 9.17) is 4.74 Å². The highest BCUT2D eigenvalue weighted by molar-refractivity contribution is 5.85. The van der Waals surface area contributed by atoms with Gasteiger partial charge < -0.3 is 10.1 Å². The second-order valence-corrected chi connectivity index (χ2v) is 12.0. The number of carbonyl (C=O) groups excluding carboxylic acids is 1. The molecule has 0 saturated carbocycles. The van der Waals surface area contributed by atoms with Crippen LogP contribution in [-0.2, 0) is 21.5 Å². The van der Waals surface area contributed by atoms with Gasteiger partial charge in [-0.15, -0.1) is 0 Å². The lowest BCUT2D eigenvalue weighted by molar-refractivity contribution is -0.170. The van der Waals surface area contributed by atoms with E-state index in [0.29, 0.717) is 25.1 Å². The number of hydrogen-bond donors (Lipinski definition) is 1. The molecule has 0 spiro atoms. The summed E-state index contributed by atoms with van der Waals surface area (Å²) in [6, 6.07) is 15.8. The first-order valence-corrected chi connectivity index (χ1v) is 13.6. The van der Waals surface area contributed by atoms with Crippen molar-refractivity contribution in [1.82, 2.24) is 10.2 Å². The smallest absolute Gasteiger partial charge is 0.252 e. The van der Waals surface area contributed by atoms with Crippen molar-refractivity contribution in [1.29, 1.82) is 0 Å². The molecule has 2 unspecified atom stereocenters. The number of rotatable bonds is 6. The van der Waals surface area contributed by atoms with Crippen LogP contribution in [0.1, 0.15) is 82.9 Å². The minimum atomic E-state index is -0.773. The van der Waals surface area contributed by atoms with Gasteiger partial charge in [0.15, 0.2) is 0 Å². The van der Waals surface area contributed by atoms with Gasteiger partial charge in [0.05, 0.1) is 6.61 Å². The molecule has 2 fully saturated rings. The first-order valence-electron chi connectivity index (χ1n) is 13.6. The summed E-state index contributed by atoms with van der Waals surface area (Å²) in [4.78, 5) is 16.0. The van der Waals surface area contributed by atoms with Crippen molar-refractivity contribution in [3.63, 3.8) is 0 Å². The van der Waals surface area contributed by atoms with E-state index in [1.165, 1.54) is 11.1 Å². The third-order valence-electron chi connectivity index (χ3n) is 8.33. The number of piperidine rings is 1. The second kappa shape index (κ2) is 11.0. The van der Waals surface area contributed by atoms with Gasteiger partial charge in [0.2, 0.25) is 0 Å². The van der Waals surface area contributed by atoms with Gasteiger partial charge in [0, 0.05) is 12.6 Å². The summed E-state index contributed by atoms with van der Waals surface area (Å²) in [5, 5.41) is 3.19. The van der Waals surface area contributed by atoms with Crippen LogP contribution in [0, 0.1) is 11.7 Å². The lowest BCUT2D eigenvalue weighted by atomic mass is 9.80. The van der Waals surface area contributed by atoms with Crippen molar-refractivity contribution in [3.05, 3.63) is 71.0 Å². The number of ether oxygens (including phenoxy) is 1. The van der Waals surface area contributed by atoms with Crippen LogP contribution in [0.5, 0.6) is 0 Å². The Balaban J connectivity index is 1.32. The number of nitrogens with zero attached hydrogens (tertiary/aromatic N) is 1. The van der Waals surface area contributed by atoms with Gasteiger partial charge in [-0.05, 0) is 84.8 Å². The van der Waals surface area contributed by atoms with Gasteiger partial charge in [-0.2, -0.15) is 0 Å². The summed E-state index contributed by atoms with van der Waals surface area (Å²) in [5.41, 5.74) is 2.93. The highest BCUT2D eigenvalue weighted by Crippen LogP contribution is 2.36. The van der Waals surface area contributed by atoms with Crippen LogP contribution < -0.4 is 5.32 Å². The van der Waals surface area contributed by atoms with Crippen molar-refractivity contribution in [2.24, 2.45) is 5.92 Å². The quantitative estimate of drug-likeness (QED) is 0.520. The molecule has 4 rings (SSSR count). The lowest BCUT2D eigenvalue weighted by Gasteiger charge is -2.46. The summed E-state index contributed by atoms with van der Waals surface area (Å²) >= 11 is 0. The minimum absolute atomic E-state index is 0.00660. The summed E-state index contributed by atoms with van der Waals surface area (Å²) in [6.45, 7) is 13.9. The number of likely N-dealkylation sites (tertiary alicyclic amines) is 1. The van der Waals surface area contributed by atoms with Gasteiger partial charge >= 0.3 is 0 Å². The average Bonchev–Trinajstić information content (AvgIpc) is 2.87. The topological polar surface area (TPSA) is 41.6 Å². The predicted octanol–water partition coefficient (Wildman–Crippen LogP) is 6.19. The fourth-order valence-electron chi connectivity index (χ4n) is 5.78. The first-order chi connectivity index (χ1) is 17.1. The molecule has 1 amide bonds. The van der Waals surface area contributed by atoms with Gasteiger partial charge in [-0.25, -0.2) is 4.39 Å². The number of carbonyl (C=O) groups is 1. The maximum Gasteiger partial charge on any atom is 0.252 e. The van der Waals surface area contributed by atoms with E-state index in [1.54, 1.807) is 12.1 Å². The number of halogens is 1. The number of hydrogen-bond acceptors (Lipinski definition) is 3. The van der Waals surface area contributed by atoms with E-state index < -0.39 is 5.60 Å². The molecule has 2 aromatic rings. The van der Waals surface area contributed by atoms with Crippen LogP contribution >= 0.6 is 0 Å². The lowest BCUT2D eigenvalue weighted by Crippen LogP contribution is -2.58. The molecule has 0 radical (unpaired) electrons. The SMILES string of the molecule is CC(C)C1(C(=O)NCc2cccc(C(C)(C)C)c2)CCC(N2CCC(c3ccc(F)cc3)CC2)CO1. The van der Waals surface area contributed by atoms with Gasteiger partial charge in [-0.1, -0.05) is 71.0 Å². The fourth-order valence-corrected chi connectivity index (χ4v) is 5.78. The van der Waals surface area contributed by atoms with Crippen LogP contribution in [0.15, 0.2) is 48.5 Å². The second-order valence-electron chi connectivity index (χ2n) is 12.0. The molecule has 0 aliphatic carbocycles. The Hall–Kier alpha value is -2.24. The van der Waals surface area contributed by atoms with Crippen LogP contribution in [0.2, 0.25) is 0 Å². The van der Waals surface area contributed by atoms with E-state index in [9.17, 15) is 9.18 Å². The normalized spacial score (nSPS) is 24.1. The number of nitrogens with one attached hydrogen (secondary N) is 1. The van der Waals surface area contributed by atoms with Crippen molar-refractivity contribution >= 4 is 5.91 Å². The molecular formula is C31H43FN2O2. The van der Waals surface area contributed by atoms with E-state index in [0.717, 1.165) is 44.3 Å². The van der Waals surface area contributed by atoms with Crippen molar-refractivity contribution < 1.29 is 13.9 Å². The molecule has 2 aliphatic heterocycles. The first kappa shape index (κ1) is 26.8. The average molecular weight is 495 g/mol. The Morgan fingerprint density at radius 2 is 1.81 bits per heavy atom. The van der Waals surface area contributed by atoms with Crippen molar-refractivity contribution in [3.8, 4) is 0 Å². The molecule has 0 bridgehead atoms. The Morgan fingerprint density at radius 1 is 1.11 bits per heavy atom. The molecule has 2 heterocycles. The molecule has 0 aromatic heterocycles. The molecule has 2 atom stereocenters. The van der Waals surface area contributed by atoms with Crippen molar-refractivity contribution in [2.45, 2.75) is 89.8 Å². The van der Waals surface area contributed by atoms with E-state index in [2.05, 4.69) is 69.1 Å². The molecular weight excluding hydrogens is 451 g/mol. The van der Waals surface area contributed by atoms with Gasteiger partial charge in [0.25, 0.3) is 5.91 Å². The van der Waals surface area contributed by atoms with E-state index in [-0.39, 0.29) is 23.1 Å². The number of amides is 1. The van der Waals surface area contributed by atoms with Gasteiger partial charge in [-0.3, -0.25) is 9.69 Å². The maximum absolute atomic E-state index is 13.4. The fraction of sp³-hybridized carbons (Fsp3) is 0.581. The van der Waals surface area contributed by atoms with Crippen molar-refractivity contribution in [2.75, 3.05) is 19.7 Å². The van der Waals surface area contributed by atoms with Crippen LogP contribution in [0.25, 0.3) is 0 Å². The zero-order valence-corrected chi connectivity index (χ0v) is 22.6. The summed E-state index contributed by atoms with van der Waals surface area (Å²) in [7, 11) is 0. The Bertz CT molecular complexity index is 1010. The molecule has 1 N–H and O–H groups in total. The van der Waals surface area contributed by atoms with Crippen LogP contribution in [0.3, 0.4) is 0 Å². The molecule has 196 valence electrons. The summed E-state index contributed by atoms with van der Waals surface area (Å²) in [6.07, 6.45) is 3.85. The largest absolute Gasteiger partial charge is 0.363 e. The predicted molar refractivity (Wildman–Crippen MR) is 143 cm³/mol. The third kappa shape index (κ3) is 6.00. The van der Waals surface area contributed by atoms with Gasteiger partial charge in [0.1, 0.15) is 11.4 Å². The summed E-state index contributed by atoms with van der Waals surface area (Å²) < 4.78 is 19.7. The highest BCUT2D eigenvalue weighted by atomic mass is 19.1. The molecule has 2 saturated heterocycles. The molecule has 4 nitrogen and oxygen atoms in total. The Labute approximate surface area is 216 Å². The third-order valence-corrected chi connectivity index (χ3v) is 8.33. The van der Waals surface area contributed by atoms with Crippen LogP contribution in [0.4, 0.5) is 4.39 Å². The molecule has 2 aliphatic rings. The summed E-state index contributed by atoms with van der Waals surface area (Å²) in [5.74, 6) is 0.422. The molecule has 36 heavy (non-hydrogen) atoms. The zero-order valence-electron chi connectivity index (χ0n) is 22.6. The zero-order chi connectivity index (χ0) is 25.9. The molecule has 5 heteroatoms. The van der Waals surface area contributed by atoms with E-state index in [1.807, 2.05) is 12.1 Å².